The maximum atomic E-state index is 9.07. The topological polar surface area (TPSA) is 27.0 Å². The number of piperidine rings is 1. The standard InChI is InChI=1S/C28H38N2/c1-7-10-11-25(9-3)27(20-22(4)8-2)23(5)30-18-16-28(6,17-19-30)26-14-12-24(21-29)13-15-26/h11-15,20H,4-5,7-10,16-19H2,1-3,6H3/b25-11-,27-20-. The highest BCUT2D eigenvalue weighted by atomic mass is 15.1. The first-order chi connectivity index (χ1) is 14.4. The first kappa shape index (κ1) is 23.7. The molecule has 0 bridgehead atoms. The molecule has 0 spiro atoms. The molecule has 1 aliphatic rings. The lowest BCUT2D eigenvalue weighted by molar-refractivity contribution is 0.210. The molecule has 0 radical (unpaired) electrons. The van der Waals surface area contributed by atoms with Crippen molar-refractivity contribution in [2.75, 3.05) is 13.1 Å². The Morgan fingerprint density at radius 3 is 2.23 bits per heavy atom. The minimum atomic E-state index is 0.146. The predicted molar refractivity (Wildman–Crippen MR) is 129 cm³/mol. The third-order valence-corrected chi connectivity index (χ3v) is 6.48. The van der Waals surface area contributed by atoms with Crippen LogP contribution in [0, 0.1) is 11.3 Å². The van der Waals surface area contributed by atoms with E-state index in [1.165, 1.54) is 16.7 Å². The van der Waals surface area contributed by atoms with Crippen LogP contribution in [0.25, 0.3) is 0 Å². The van der Waals surface area contributed by atoms with Crippen LogP contribution >= 0.6 is 0 Å². The summed E-state index contributed by atoms with van der Waals surface area (Å²) in [5.74, 6) is 0. The van der Waals surface area contributed by atoms with E-state index in [4.69, 9.17) is 5.26 Å². The van der Waals surface area contributed by atoms with Crippen molar-refractivity contribution in [2.45, 2.75) is 71.6 Å². The monoisotopic (exact) mass is 402 g/mol. The molecule has 0 N–H and O–H groups in total. The quantitative estimate of drug-likeness (QED) is 0.401. The Labute approximate surface area is 184 Å². The average molecular weight is 403 g/mol. The minimum Gasteiger partial charge on any atom is -0.371 e. The fraction of sp³-hybridized carbons (Fsp3) is 0.464. The van der Waals surface area contributed by atoms with Gasteiger partial charge < -0.3 is 4.90 Å². The Balaban J connectivity index is 2.20. The Kier molecular flexibility index (Phi) is 8.72. The van der Waals surface area contributed by atoms with E-state index in [9.17, 15) is 0 Å². The molecule has 2 rings (SSSR count). The SMILES string of the molecule is C=C(/C=C(C(=C)N1CCC(C)(c2ccc(C#N)cc2)CC1)\C(=C/CCC)CC)CC. The summed E-state index contributed by atoms with van der Waals surface area (Å²) in [6, 6.07) is 10.4. The van der Waals surface area contributed by atoms with Gasteiger partial charge >= 0.3 is 0 Å². The number of rotatable bonds is 9. The molecule has 1 aromatic rings. The van der Waals surface area contributed by atoms with Gasteiger partial charge in [-0.25, -0.2) is 0 Å². The number of benzene rings is 1. The molecule has 1 saturated heterocycles. The van der Waals surface area contributed by atoms with Gasteiger partial charge in [-0.1, -0.05) is 77.1 Å². The number of likely N-dealkylation sites (tertiary alicyclic amines) is 1. The molecule has 0 saturated carbocycles. The second kappa shape index (κ2) is 11.0. The predicted octanol–water partition coefficient (Wildman–Crippen LogP) is 7.45. The van der Waals surface area contributed by atoms with Gasteiger partial charge in [0.05, 0.1) is 11.6 Å². The zero-order valence-corrected chi connectivity index (χ0v) is 19.4. The van der Waals surface area contributed by atoms with Crippen LogP contribution < -0.4 is 0 Å². The van der Waals surface area contributed by atoms with Gasteiger partial charge in [-0.2, -0.15) is 5.26 Å². The van der Waals surface area contributed by atoms with Crippen LogP contribution in [0.15, 0.2) is 72.0 Å². The molecule has 2 heteroatoms. The lowest BCUT2D eigenvalue weighted by Crippen LogP contribution is -2.40. The van der Waals surface area contributed by atoms with Gasteiger partial charge in [-0.15, -0.1) is 0 Å². The van der Waals surface area contributed by atoms with Crippen molar-refractivity contribution >= 4 is 0 Å². The molecule has 1 aliphatic heterocycles. The Hall–Kier alpha value is -2.53. The summed E-state index contributed by atoms with van der Waals surface area (Å²) in [6.45, 7) is 19.7. The molecule has 160 valence electrons. The van der Waals surface area contributed by atoms with Crippen LogP contribution in [0.3, 0.4) is 0 Å². The van der Waals surface area contributed by atoms with Crippen LogP contribution in [0.2, 0.25) is 0 Å². The normalized spacial score (nSPS) is 16.8. The van der Waals surface area contributed by atoms with Crippen molar-refractivity contribution in [3.63, 3.8) is 0 Å². The highest BCUT2D eigenvalue weighted by Gasteiger charge is 2.32. The van der Waals surface area contributed by atoms with E-state index in [-0.39, 0.29) is 5.41 Å². The average Bonchev–Trinajstić information content (AvgIpc) is 2.78. The number of nitrogens with zero attached hydrogens (tertiary/aromatic N) is 2. The van der Waals surface area contributed by atoms with Crippen LogP contribution in [0.5, 0.6) is 0 Å². The lowest BCUT2D eigenvalue weighted by Gasteiger charge is -2.42. The first-order valence-electron chi connectivity index (χ1n) is 11.4. The number of allylic oxidation sites excluding steroid dienone is 4. The molecular weight excluding hydrogens is 364 g/mol. The summed E-state index contributed by atoms with van der Waals surface area (Å²) in [5, 5.41) is 9.07. The number of hydrogen-bond acceptors (Lipinski definition) is 2. The molecule has 1 heterocycles. The molecule has 30 heavy (non-hydrogen) atoms. The van der Waals surface area contributed by atoms with Crippen LogP contribution in [0.1, 0.15) is 77.3 Å². The molecule has 0 unspecified atom stereocenters. The highest BCUT2D eigenvalue weighted by molar-refractivity contribution is 5.48. The third kappa shape index (κ3) is 5.76. The van der Waals surface area contributed by atoms with Crippen LogP contribution in [-0.4, -0.2) is 18.0 Å². The Morgan fingerprint density at radius 1 is 1.10 bits per heavy atom. The Bertz CT molecular complexity index is 838. The number of unbranched alkanes of at least 4 members (excludes halogenated alkanes) is 1. The van der Waals surface area contributed by atoms with Gasteiger partial charge in [0.15, 0.2) is 0 Å². The maximum absolute atomic E-state index is 9.07. The maximum Gasteiger partial charge on any atom is 0.0991 e. The van der Waals surface area contributed by atoms with E-state index in [1.54, 1.807) is 0 Å². The highest BCUT2D eigenvalue weighted by Crippen LogP contribution is 2.38. The second-order valence-electron chi connectivity index (χ2n) is 8.62. The summed E-state index contributed by atoms with van der Waals surface area (Å²) in [4.78, 5) is 2.45. The number of nitriles is 1. The van der Waals surface area contributed by atoms with Crippen molar-refractivity contribution in [2.24, 2.45) is 0 Å². The van der Waals surface area contributed by atoms with Crippen molar-refractivity contribution in [3.05, 3.63) is 83.1 Å². The summed E-state index contributed by atoms with van der Waals surface area (Å²) < 4.78 is 0. The number of hydrogen-bond donors (Lipinski definition) is 0. The van der Waals surface area contributed by atoms with Gasteiger partial charge in [-0.05, 0) is 60.8 Å². The lowest BCUT2D eigenvalue weighted by atomic mass is 9.74. The molecule has 0 amide bonds. The molecule has 0 aliphatic carbocycles. The van der Waals surface area contributed by atoms with E-state index in [0.717, 1.165) is 68.4 Å². The summed E-state index contributed by atoms with van der Waals surface area (Å²) in [6.07, 6.45) is 11.0. The fourth-order valence-electron chi connectivity index (χ4n) is 4.11. The summed E-state index contributed by atoms with van der Waals surface area (Å²) in [5.41, 5.74) is 7.14. The Morgan fingerprint density at radius 2 is 1.73 bits per heavy atom. The third-order valence-electron chi connectivity index (χ3n) is 6.48. The molecule has 2 nitrogen and oxygen atoms in total. The van der Waals surface area contributed by atoms with E-state index in [2.05, 4.69) is 76.1 Å². The summed E-state index contributed by atoms with van der Waals surface area (Å²) >= 11 is 0. The van der Waals surface area contributed by atoms with E-state index < -0.39 is 0 Å². The van der Waals surface area contributed by atoms with E-state index in [1.807, 2.05) is 12.1 Å². The van der Waals surface area contributed by atoms with Gasteiger partial charge in [0.1, 0.15) is 0 Å². The first-order valence-corrected chi connectivity index (χ1v) is 11.4. The van der Waals surface area contributed by atoms with E-state index >= 15 is 0 Å². The molecular formula is C28H38N2. The van der Waals surface area contributed by atoms with Crippen molar-refractivity contribution in [1.82, 2.24) is 4.90 Å². The molecule has 1 aromatic carbocycles. The summed E-state index contributed by atoms with van der Waals surface area (Å²) in [7, 11) is 0. The van der Waals surface area contributed by atoms with Gasteiger partial charge in [0.2, 0.25) is 0 Å². The smallest absolute Gasteiger partial charge is 0.0991 e. The molecule has 0 atom stereocenters. The molecule has 1 fully saturated rings. The van der Waals surface area contributed by atoms with Crippen molar-refractivity contribution in [3.8, 4) is 6.07 Å². The second-order valence-corrected chi connectivity index (χ2v) is 8.62. The van der Waals surface area contributed by atoms with Gasteiger partial charge in [0.25, 0.3) is 0 Å². The van der Waals surface area contributed by atoms with Crippen LogP contribution in [0.4, 0.5) is 0 Å². The molecule has 0 aromatic heterocycles. The van der Waals surface area contributed by atoms with Crippen LogP contribution in [-0.2, 0) is 5.41 Å². The van der Waals surface area contributed by atoms with Crippen molar-refractivity contribution < 1.29 is 0 Å². The largest absolute Gasteiger partial charge is 0.371 e. The zero-order valence-electron chi connectivity index (χ0n) is 19.4. The van der Waals surface area contributed by atoms with Gasteiger partial charge in [0, 0.05) is 24.4 Å². The van der Waals surface area contributed by atoms with Crippen molar-refractivity contribution in [1.29, 1.82) is 5.26 Å². The fourth-order valence-corrected chi connectivity index (χ4v) is 4.11. The minimum absolute atomic E-state index is 0.146. The zero-order chi connectivity index (χ0) is 22.1. The van der Waals surface area contributed by atoms with E-state index in [0.29, 0.717) is 0 Å². The van der Waals surface area contributed by atoms with Gasteiger partial charge in [-0.3, -0.25) is 0 Å².